The largest absolute Gasteiger partial charge is 0.308 e. The number of hydrogen-bond donors (Lipinski definition) is 4. The molecular weight excluding hydrogens is 452 g/mol. The molecule has 0 radical (unpaired) electrons. The van der Waals surface area contributed by atoms with E-state index in [0.717, 1.165) is 0 Å². The summed E-state index contributed by atoms with van der Waals surface area (Å²) >= 11 is 2.91. The van der Waals surface area contributed by atoms with Crippen LogP contribution in [0.4, 0.5) is 11.6 Å². The molecule has 0 atom stereocenters. The van der Waals surface area contributed by atoms with Crippen molar-refractivity contribution in [1.82, 2.24) is 49.5 Å². The van der Waals surface area contributed by atoms with Crippen LogP contribution in [-0.2, 0) is 0 Å². The highest BCUT2D eigenvalue weighted by Gasteiger charge is 2.19. The predicted octanol–water partition coefficient (Wildman–Crippen LogP) is 0.956. The highest BCUT2D eigenvalue weighted by molar-refractivity contribution is 7.12. The molecule has 5 N–H and O–H groups in total. The lowest BCUT2D eigenvalue weighted by Crippen LogP contribution is -2.22. The van der Waals surface area contributed by atoms with Crippen LogP contribution in [0.1, 0.15) is 0 Å². The lowest BCUT2D eigenvalue weighted by atomic mass is 10.3. The van der Waals surface area contributed by atoms with Gasteiger partial charge in [0.05, 0.1) is 17.1 Å². The monoisotopic (exact) mass is 464 g/mol. The Kier molecular flexibility index (Phi) is 4.30. The van der Waals surface area contributed by atoms with Crippen molar-refractivity contribution < 1.29 is 0 Å². The SMILES string of the molecule is NNc1nc(=NNc2ncnc3c2cnn3-c2nccs2)nc2n(-c3nccs3)[nH]cc1-2. The number of fused-ring (bicyclic) bond motifs is 2. The maximum Gasteiger partial charge on any atom is 0.270 e. The van der Waals surface area contributed by atoms with Crippen LogP contribution in [-0.4, -0.2) is 49.5 Å². The zero-order valence-electron chi connectivity index (χ0n) is 15.9. The van der Waals surface area contributed by atoms with Gasteiger partial charge in [-0.25, -0.2) is 30.5 Å². The van der Waals surface area contributed by atoms with E-state index in [9.17, 15) is 0 Å². The molecule has 16 heteroatoms. The van der Waals surface area contributed by atoms with E-state index in [-0.39, 0.29) is 5.62 Å². The molecule has 0 unspecified atom stereocenters. The molecule has 0 aliphatic carbocycles. The molecule has 0 saturated carbocycles. The van der Waals surface area contributed by atoms with E-state index in [4.69, 9.17) is 5.84 Å². The summed E-state index contributed by atoms with van der Waals surface area (Å²) in [6.45, 7) is 0. The Balaban J connectivity index is 1.43. The molecule has 0 spiro atoms. The van der Waals surface area contributed by atoms with Crippen molar-refractivity contribution in [2.75, 3.05) is 10.9 Å². The Labute approximate surface area is 185 Å². The number of aromatic nitrogens is 10. The number of anilines is 2. The number of nitrogens with two attached hydrogens (primary N) is 1. The third-order valence-electron chi connectivity index (χ3n) is 4.44. The van der Waals surface area contributed by atoms with Crippen molar-refractivity contribution in [2.24, 2.45) is 10.9 Å². The van der Waals surface area contributed by atoms with Crippen LogP contribution < -0.4 is 22.3 Å². The first-order chi connectivity index (χ1) is 15.8. The summed E-state index contributed by atoms with van der Waals surface area (Å²) in [4.78, 5) is 26.0. The molecule has 4 aromatic rings. The van der Waals surface area contributed by atoms with Gasteiger partial charge in [0.25, 0.3) is 5.62 Å². The smallest absolute Gasteiger partial charge is 0.270 e. The summed E-state index contributed by atoms with van der Waals surface area (Å²) in [5.41, 5.74) is 6.92. The third kappa shape index (κ3) is 2.97. The molecule has 2 aliphatic rings. The van der Waals surface area contributed by atoms with Crippen LogP contribution in [0.15, 0.2) is 47.0 Å². The van der Waals surface area contributed by atoms with Crippen molar-refractivity contribution in [3.05, 3.63) is 47.5 Å². The number of nitrogens with zero attached hydrogens (tertiary/aromatic N) is 10. The summed E-state index contributed by atoms with van der Waals surface area (Å²) in [7, 11) is 0. The van der Waals surface area contributed by atoms with Gasteiger partial charge < -0.3 is 5.43 Å². The van der Waals surface area contributed by atoms with Gasteiger partial charge in [-0.05, 0) is 0 Å². The van der Waals surface area contributed by atoms with Gasteiger partial charge in [0, 0.05) is 29.4 Å². The fourth-order valence-electron chi connectivity index (χ4n) is 3.07. The average molecular weight is 465 g/mol. The van der Waals surface area contributed by atoms with Crippen molar-refractivity contribution in [1.29, 1.82) is 0 Å². The highest BCUT2D eigenvalue weighted by atomic mass is 32.1. The molecule has 0 amide bonds. The summed E-state index contributed by atoms with van der Waals surface area (Å²) < 4.78 is 3.37. The van der Waals surface area contributed by atoms with E-state index in [1.165, 1.54) is 29.0 Å². The molecule has 32 heavy (non-hydrogen) atoms. The lowest BCUT2D eigenvalue weighted by Gasteiger charge is -2.06. The zero-order valence-corrected chi connectivity index (χ0v) is 17.5. The van der Waals surface area contributed by atoms with Gasteiger partial charge >= 0.3 is 0 Å². The second-order valence-corrected chi connectivity index (χ2v) is 7.98. The minimum Gasteiger partial charge on any atom is -0.308 e. The van der Waals surface area contributed by atoms with Crippen LogP contribution >= 0.6 is 22.7 Å². The molecule has 0 aromatic carbocycles. The van der Waals surface area contributed by atoms with Crippen molar-refractivity contribution in [3.8, 4) is 21.7 Å². The maximum absolute atomic E-state index is 5.67. The quantitative estimate of drug-likeness (QED) is 0.212. The number of aromatic amines is 1. The molecule has 0 bridgehead atoms. The second-order valence-electron chi connectivity index (χ2n) is 6.23. The molecule has 158 valence electrons. The average Bonchev–Trinajstić information content (AvgIpc) is 3.61. The maximum atomic E-state index is 5.67. The summed E-state index contributed by atoms with van der Waals surface area (Å²) in [6.07, 6.45) is 8.23. The highest BCUT2D eigenvalue weighted by Crippen LogP contribution is 2.27. The number of nitrogen functional groups attached to an aromatic ring is 1. The first kappa shape index (κ1) is 18.5. The van der Waals surface area contributed by atoms with Gasteiger partial charge in [-0.2, -0.15) is 19.7 Å². The second kappa shape index (κ2) is 7.45. The van der Waals surface area contributed by atoms with Crippen molar-refractivity contribution >= 4 is 45.3 Å². The van der Waals surface area contributed by atoms with E-state index in [1.807, 2.05) is 10.8 Å². The number of thiazole rings is 2. The number of nitrogens with one attached hydrogen (secondary N) is 3. The van der Waals surface area contributed by atoms with Gasteiger partial charge in [0.1, 0.15) is 6.33 Å². The van der Waals surface area contributed by atoms with Crippen molar-refractivity contribution in [2.45, 2.75) is 0 Å². The summed E-state index contributed by atoms with van der Waals surface area (Å²) in [6, 6.07) is 0. The van der Waals surface area contributed by atoms with Crippen LogP contribution in [0.25, 0.3) is 32.7 Å². The Morgan fingerprint density at radius 1 is 1.00 bits per heavy atom. The number of H-pyrrole nitrogens is 1. The Morgan fingerprint density at radius 2 is 1.84 bits per heavy atom. The van der Waals surface area contributed by atoms with E-state index in [2.05, 4.69) is 56.1 Å². The minimum atomic E-state index is 0.148. The van der Waals surface area contributed by atoms with Crippen LogP contribution in [0.3, 0.4) is 0 Å². The molecule has 14 nitrogen and oxygen atoms in total. The topological polar surface area (TPSA) is 178 Å². The van der Waals surface area contributed by atoms with Gasteiger partial charge in [-0.15, -0.1) is 27.8 Å². The van der Waals surface area contributed by atoms with E-state index in [1.54, 1.807) is 34.2 Å². The fourth-order valence-corrected chi connectivity index (χ4v) is 4.28. The summed E-state index contributed by atoms with van der Waals surface area (Å²) in [5, 5.41) is 17.6. The van der Waals surface area contributed by atoms with Crippen LogP contribution in [0.2, 0.25) is 0 Å². The normalized spacial score (nSPS) is 12.1. The molecule has 4 aromatic heterocycles. The Bertz CT molecular complexity index is 1540. The van der Waals surface area contributed by atoms with Gasteiger partial charge in [-0.3, -0.25) is 10.5 Å². The van der Waals surface area contributed by atoms with E-state index >= 15 is 0 Å². The predicted molar refractivity (Wildman–Crippen MR) is 117 cm³/mol. The first-order valence-electron chi connectivity index (χ1n) is 9.05. The molecule has 2 aliphatic heterocycles. The standard InChI is InChI=1S/C16H12N14S2/c17-26-11-9-6-23-30(16-19-2-4-32-16)13(9)25-14(24-11)28-27-10-8-5-22-29(12(8)21-7-20-10)15-18-1-3-31-15/h1-7,23H,17H2,(H,20,21,27)(H,24,26,28). The Morgan fingerprint density at radius 3 is 2.62 bits per heavy atom. The molecule has 0 fully saturated rings. The van der Waals surface area contributed by atoms with Crippen LogP contribution in [0, 0.1) is 0 Å². The molecular formula is C16H12N14S2. The number of rotatable bonds is 5. The number of hydrazine groups is 1. The van der Waals surface area contributed by atoms with Gasteiger partial charge in [0.15, 0.2) is 23.1 Å². The van der Waals surface area contributed by atoms with Gasteiger partial charge in [0.2, 0.25) is 10.3 Å². The Hall–Kier alpha value is -4.28. The molecule has 6 rings (SSSR count). The lowest BCUT2D eigenvalue weighted by molar-refractivity contribution is 0.842. The van der Waals surface area contributed by atoms with Gasteiger partial charge in [-0.1, -0.05) is 0 Å². The van der Waals surface area contributed by atoms with E-state index in [0.29, 0.717) is 44.3 Å². The van der Waals surface area contributed by atoms with Crippen LogP contribution in [0.5, 0.6) is 0 Å². The van der Waals surface area contributed by atoms with E-state index < -0.39 is 0 Å². The fraction of sp³-hybridized carbons (Fsp3) is 0. The molecule has 0 saturated heterocycles. The zero-order chi connectivity index (χ0) is 21.5. The third-order valence-corrected chi connectivity index (χ3v) is 5.94. The van der Waals surface area contributed by atoms with Crippen molar-refractivity contribution in [3.63, 3.8) is 0 Å². The first-order valence-corrected chi connectivity index (χ1v) is 10.8. The minimum absolute atomic E-state index is 0.148. The summed E-state index contributed by atoms with van der Waals surface area (Å²) in [5.74, 6) is 7.09. The number of hydrogen-bond acceptors (Lipinski definition) is 13. The molecule has 6 heterocycles.